The largest absolute Gasteiger partial charge is 0.356 e. The van der Waals surface area contributed by atoms with E-state index in [9.17, 15) is 0 Å². The van der Waals surface area contributed by atoms with Crippen LogP contribution in [0.1, 0.15) is 5.69 Å². The zero-order valence-corrected chi connectivity index (χ0v) is 9.79. The van der Waals surface area contributed by atoms with Crippen LogP contribution in [0.25, 0.3) is 11.0 Å². The van der Waals surface area contributed by atoms with E-state index in [4.69, 9.17) is 0 Å². The third-order valence-electron chi connectivity index (χ3n) is 1.94. The van der Waals surface area contributed by atoms with E-state index in [0.717, 1.165) is 15.5 Å². The Morgan fingerprint density at radius 1 is 1.54 bits per heavy atom. The number of halogens is 1. The first-order valence-corrected chi connectivity index (χ1v) is 5.92. The topological polar surface area (TPSA) is 28.7 Å². The number of nitrogens with zero attached hydrogens (tertiary/aromatic N) is 1. The molecule has 0 radical (unpaired) electrons. The average molecular weight is 257 g/mol. The van der Waals surface area contributed by atoms with Gasteiger partial charge in [0.2, 0.25) is 0 Å². The first kappa shape index (κ1) is 9.09. The van der Waals surface area contributed by atoms with Gasteiger partial charge in [-0.05, 0) is 35.2 Å². The van der Waals surface area contributed by atoms with Crippen molar-refractivity contribution in [1.82, 2.24) is 9.97 Å². The highest BCUT2D eigenvalue weighted by atomic mass is 79.9. The molecule has 0 bridgehead atoms. The van der Waals surface area contributed by atoms with Crippen molar-refractivity contribution in [3.63, 3.8) is 0 Å². The predicted molar refractivity (Wildman–Crippen MR) is 60.3 cm³/mol. The van der Waals surface area contributed by atoms with Crippen molar-refractivity contribution in [2.75, 3.05) is 6.26 Å². The molecule has 13 heavy (non-hydrogen) atoms. The Balaban J connectivity index is 2.79. The number of fused-ring (bicyclic) bond motifs is 1. The maximum absolute atomic E-state index is 4.37. The number of aromatic nitrogens is 2. The van der Waals surface area contributed by atoms with Gasteiger partial charge in [-0.2, -0.15) is 0 Å². The molecule has 0 saturated heterocycles. The molecule has 0 saturated carbocycles. The lowest BCUT2D eigenvalue weighted by Crippen LogP contribution is -1.75. The van der Waals surface area contributed by atoms with Crippen molar-refractivity contribution < 1.29 is 0 Å². The number of aryl methyl sites for hydroxylation is 1. The number of aromatic amines is 1. The Hall–Kier alpha value is -0.480. The van der Waals surface area contributed by atoms with Gasteiger partial charge in [0.1, 0.15) is 5.52 Å². The summed E-state index contributed by atoms with van der Waals surface area (Å²) in [4.78, 5) is 8.92. The zero-order chi connectivity index (χ0) is 9.42. The number of nitrogens with one attached hydrogen (secondary N) is 1. The lowest BCUT2D eigenvalue weighted by Gasteiger charge is -1.93. The Bertz CT molecular complexity index is 450. The molecule has 0 unspecified atom stereocenters. The standard InChI is InChI=1S/C9H9BrN2S/c1-5-9(13-2)8-7(12-5)3-6(10)4-11-8/h3-4,12H,1-2H3. The minimum atomic E-state index is 1.01. The second kappa shape index (κ2) is 3.35. The minimum Gasteiger partial charge on any atom is -0.356 e. The molecule has 0 aromatic carbocycles. The molecule has 2 rings (SSSR count). The maximum atomic E-state index is 4.37. The Morgan fingerprint density at radius 3 is 3.00 bits per heavy atom. The van der Waals surface area contributed by atoms with Crippen LogP contribution in [0, 0.1) is 6.92 Å². The molecule has 68 valence electrons. The van der Waals surface area contributed by atoms with Gasteiger partial charge in [-0.3, -0.25) is 4.98 Å². The van der Waals surface area contributed by atoms with Crippen LogP contribution in [0.2, 0.25) is 0 Å². The number of hydrogen-bond donors (Lipinski definition) is 1. The van der Waals surface area contributed by atoms with E-state index in [1.165, 1.54) is 10.6 Å². The van der Waals surface area contributed by atoms with E-state index >= 15 is 0 Å². The van der Waals surface area contributed by atoms with E-state index in [2.05, 4.69) is 45.1 Å². The molecule has 0 aliphatic carbocycles. The normalized spacial score (nSPS) is 11.0. The van der Waals surface area contributed by atoms with Crippen molar-refractivity contribution in [3.8, 4) is 0 Å². The lowest BCUT2D eigenvalue weighted by atomic mass is 10.4. The number of hydrogen-bond acceptors (Lipinski definition) is 2. The fraction of sp³-hybridized carbons (Fsp3) is 0.222. The number of thioether (sulfide) groups is 1. The van der Waals surface area contributed by atoms with Crippen LogP contribution in [0.3, 0.4) is 0 Å². The molecular weight excluding hydrogens is 248 g/mol. The van der Waals surface area contributed by atoms with Crippen LogP contribution >= 0.6 is 27.7 Å². The molecule has 0 amide bonds. The highest BCUT2D eigenvalue weighted by molar-refractivity contribution is 9.10. The second-order valence-corrected chi connectivity index (χ2v) is 4.57. The van der Waals surface area contributed by atoms with Gasteiger partial charge in [0.15, 0.2) is 0 Å². The highest BCUT2D eigenvalue weighted by Crippen LogP contribution is 2.29. The summed E-state index contributed by atoms with van der Waals surface area (Å²) in [5.41, 5.74) is 3.34. The molecule has 4 heteroatoms. The summed E-state index contributed by atoms with van der Waals surface area (Å²) in [5, 5.41) is 0. The minimum absolute atomic E-state index is 1.01. The summed E-state index contributed by atoms with van der Waals surface area (Å²) in [7, 11) is 0. The average Bonchev–Trinajstić information content (AvgIpc) is 2.39. The van der Waals surface area contributed by atoms with Gasteiger partial charge in [0.05, 0.1) is 10.4 Å². The van der Waals surface area contributed by atoms with E-state index in [-0.39, 0.29) is 0 Å². The SMILES string of the molecule is CSc1c(C)[nH]c2cc(Br)cnc12. The van der Waals surface area contributed by atoms with Gasteiger partial charge in [0.25, 0.3) is 0 Å². The molecule has 0 atom stereocenters. The number of rotatable bonds is 1. The summed E-state index contributed by atoms with van der Waals surface area (Å²) in [6.45, 7) is 2.07. The highest BCUT2D eigenvalue weighted by Gasteiger charge is 2.07. The summed E-state index contributed by atoms with van der Waals surface area (Å²) in [6.07, 6.45) is 3.90. The first-order valence-electron chi connectivity index (χ1n) is 3.90. The van der Waals surface area contributed by atoms with Gasteiger partial charge in [-0.25, -0.2) is 0 Å². The van der Waals surface area contributed by atoms with Gasteiger partial charge >= 0.3 is 0 Å². The summed E-state index contributed by atoms with van der Waals surface area (Å²) in [6, 6.07) is 2.05. The van der Waals surface area contributed by atoms with E-state index < -0.39 is 0 Å². The van der Waals surface area contributed by atoms with Crippen molar-refractivity contribution in [3.05, 3.63) is 22.4 Å². The first-order chi connectivity index (χ1) is 6.22. The van der Waals surface area contributed by atoms with Crippen molar-refractivity contribution in [1.29, 1.82) is 0 Å². The fourth-order valence-electron chi connectivity index (χ4n) is 1.40. The zero-order valence-electron chi connectivity index (χ0n) is 7.39. The van der Waals surface area contributed by atoms with Gasteiger partial charge in [0, 0.05) is 16.4 Å². The van der Waals surface area contributed by atoms with Crippen molar-refractivity contribution >= 4 is 38.7 Å². The Labute approximate surface area is 89.3 Å². The van der Waals surface area contributed by atoms with Crippen LogP contribution in [0.4, 0.5) is 0 Å². The Kier molecular flexibility index (Phi) is 2.34. The van der Waals surface area contributed by atoms with Crippen LogP contribution in [0.5, 0.6) is 0 Å². The van der Waals surface area contributed by atoms with Crippen molar-refractivity contribution in [2.24, 2.45) is 0 Å². The molecular formula is C9H9BrN2S. The van der Waals surface area contributed by atoms with Gasteiger partial charge in [-0.1, -0.05) is 0 Å². The quantitative estimate of drug-likeness (QED) is 0.793. The maximum Gasteiger partial charge on any atom is 0.102 e. The third kappa shape index (κ3) is 1.48. The molecule has 2 heterocycles. The van der Waals surface area contributed by atoms with E-state index in [1.54, 1.807) is 11.8 Å². The molecule has 0 spiro atoms. The number of pyridine rings is 1. The molecule has 2 aromatic heterocycles. The van der Waals surface area contributed by atoms with E-state index in [1.807, 2.05) is 6.20 Å². The van der Waals surface area contributed by atoms with Crippen LogP contribution in [0.15, 0.2) is 21.6 Å². The van der Waals surface area contributed by atoms with Gasteiger partial charge < -0.3 is 4.98 Å². The monoisotopic (exact) mass is 256 g/mol. The molecule has 0 aliphatic heterocycles. The summed E-state index contributed by atoms with van der Waals surface area (Å²) < 4.78 is 1.01. The fourth-order valence-corrected chi connectivity index (χ4v) is 2.45. The molecule has 0 aliphatic rings. The van der Waals surface area contributed by atoms with Crippen LogP contribution in [-0.2, 0) is 0 Å². The van der Waals surface area contributed by atoms with Crippen LogP contribution in [-0.4, -0.2) is 16.2 Å². The van der Waals surface area contributed by atoms with Gasteiger partial charge in [-0.15, -0.1) is 11.8 Å². The Morgan fingerprint density at radius 2 is 2.31 bits per heavy atom. The van der Waals surface area contributed by atoms with Crippen molar-refractivity contribution in [2.45, 2.75) is 11.8 Å². The van der Waals surface area contributed by atoms with Crippen LogP contribution < -0.4 is 0 Å². The molecule has 2 aromatic rings. The number of H-pyrrole nitrogens is 1. The second-order valence-electron chi connectivity index (χ2n) is 2.83. The molecule has 1 N–H and O–H groups in total. The third-order valence-corrected chi connectivity index (χ3v) is 3.28. The molecule has 0 fully saturated rings. The van der Waals surface area contributed by atoms with E-state index in [0.29, 0.717) is 0 Å². The lowest BCUT2D eigenvalue weighted by molar-refractivity contribution is 1.23. The smallest absolute Gasteiger partial charge is 0.102 e. The summed E-state index contributed by atoms with van der Waals surface area (Å²) in [5.74, 6) is 0. The summed E-state index contributed by atoms with van der Waals surface area (Å²) >= 11 is 5.13. The molecule has 2 nitrogen and oxygen atoms in total. The predicted octanol–water partition coefficient (Wildman–Crippen LogP) is 3.36.